The van der Waals surface area contributed by atoms with Crippen LogP contribution in [0.4, 0.5) is 0 Å². The topological polar surface area (TPSA) is 29.5 Å². The summed E-state index contributed by atoms with van der Waals surface area (Å²) < 4.78 is 5.60. The molecule has 0 bridgehead atoms. The van der Waals surface area contributed by atoms with Gasteiger partial charge in [-0.25, -0.2) is 0 Å². The number of rotatable bonds is 2. The number of carbonyl (C=O) groups is 1. The van der Waals surface area contributed by atoms with E-state index in [1.807, 2.05) is 42.2 Å². The summed E-state index contributed by atoms with van der Waals surface area (Å²) in [5.74, 6) is 0.118. The van der Waals surface area contributed by atoms with Crippen LogP contribution in [0.25, 0.3) is 0 Å². The molecule has 0 aromatic heterocycles. The van der Waals surface area contributed by atoms with E-state index in [1.165, 1.54) is 0 Å². The SMILES string of the molecule is CC[C@H]1CO[C@H](C)CN1C(=O)c1ccccc1. The first kappa shape index (κ1) is 12.1. The molecule has 1 aliphatic rings. The zero-order valence-corrected chi connectivity index (χ0v) is 10.4. The van der Waals surface area contributed by atoms with Crippen LogP contribution in [0.1, 0.15) is 30.6 Å². The van der Waals surface area contributed by atoms with Crippen molar-refractivity contribution in [2.75, 3.05) is 13.2 Å². The monoisotopic (exact) mass is 233 g/mol. The van der Waals surface area contributed by atoms with Crippen LogP contribution in [0, 0.1) is 0 Å². The number of hydrogen-bond donors (Lipinski definition) is 0. The Morgan fingerprint density at radius 2 is 2.12 bits per heavy atom. The third-order valence-electron chi connectivity index (χ3n) is 3.22. The van der Waals surface area contributed by atoms with Crippen molar-refractivity contribution >= 4 is 5.91 Å². The summed E-state index contributed by atoms with van der Waals surface area (Å²) in [5, 5.41) is 0. The largest absolute Gasteiger partial charge is 0.375 e. The van der Waals surface area contributed by atoms with Gasteiger partial charge in [0.1, 0.15) is 0 Å². The van der Waals surface area contributed by atoms with Crippen LogP contribution in [0.15, 0.2) is 30.3 Å². The molecule has 0 N–H and O–H groups in total. The molecule has 3 nitrogen and oxygen atoms in total. The van der Waals surface area contributed by atoms with Gasteiger partial charge in [-0.15, -0.1) is 0 Å². The molecule has 1 amide bonds. The minimum Gasteiger partial charge on any atom is -0.375 e. The molecular formula is C14H19NO2. The van der Waals surface area contributed by atoms with Crippen LogP contribution >= 0.6 is 0 Å². The lowest BCUT2D eigenvalue weighted by molar-refractivity contribution is -0.0444. The van der Waals surface area contributed by atoms with Gasteiger partial charge in [0.2, 0.25) is 0 Å². The van der Waals surface area contributed by atoms with E-state index in [2.05, 4.69) is 6.92 Å². The molecule has 1 aromatic carbocycles. The molecule has 3 heteroatoms. The molecule has 17 heavy (non-hydrogen) atoms. The van der Waals surface area contributed by atoms with Crippen molar-refractivity contribution in [3.05, 3.63) is 35.9 Å². The first-order valence-electron chi connectivity index (χ1n) is 6.20. The number of nitrogens with zero attached hydrogens (tertiary/aromatic N) is 1. The van der Waals surface area contributed by atoms with E-state index in [4.69, 9.17) is 4.74 Å². The van der Waals surface area contributed by atoms with E-state index in [-0.39, 0.29) is 18.1 Å². The molecule has 0 saturated carbocycles. The second kappa shape index (κ2) is 5.32. The van der Waals surface area contributed by atoms with Crippen LogP contribution in [0.5, 0.6) is 0 Å². The van der Waals surface area contributed by atoms with Gasteiger partial charge in [0.25, 0.3) is 5.91 Å². The van der Waals surface area contributed by atoms with Crippen LogP contribution in [0.3, 0.4) is 0 Å². The Morgan fingerprint density at radius 1 is 1.41 bits per heavy atom. The highest BCUT2D eigenvalue weighted by Crippen LogP contribution is 2.17. The minimum atomic E-state index is 0.118. The van der Waals surface area contributed by atoms with Gasteiger partial charge in [-0.1, -0.05) is 25.1 Å². The van der Waals surface area contributed by atoms with Crippen LogP contribution in [0.2, 0.25) is 0 Å². The Bertz CT molecular complexity index is 377. The highest BCUT2D eigenvalue weighted by atomic mass is 16.5. The van der Waals surface area contributed by atoms with Crippen molar-refractivity contribution in [2.45, 2.75) is 32.4 Å². The number of morpholine rings is 1. The molecule has 0 radical (unpaired) electrons. The molecule has 2 rings (SSSR count). The van der Waals surface area contributed by atoms with Crippen molar-refractivity contribution in [3.8, 4) is 0 Å². The fourth-order valence-electron chi connectivity index (χ4n) is 2.18. The lowest BCUT2D eigenvalue weighted by Gasteiger charge is -2.38. The van der Waals surface area contributed by atoms with E-state index < -0.39 is 0 Å². The van der Waals surface area contributed by atoms with Crippen molar-refractivity contribution in [1.29, 1.82) is 0 Å². The lowest BCUT2D eigenvalue weighted by atomic mass is 10.1. The Kier molecular flexibility index (Phi) is 3.79. The van der Waals surface area contributed by atoms with E-state index in [9.17, 15) is 4.79 Å². The van der Waals surface area contributed by atoms with Gasteiger partial charge in [0.05, 0.1) is 18.8 Å². The number of ether oxygens (including phenoxy) is 1. The number of carbonyl (C=O) groups excluding carboxylic acids is 1. The molecule has 1 fully saturated rings. The third kappa shape index (κ3) is 2.67. The van der Waals surface area contributed by atoms with Gasteiger partial charge in [-0.05, 0) is 25.5 Å². The van der Waals surface area contributed by atoms with Crippen molar-refractivity contribution in [3.63, 3.8) is 0 Å². The average molecular weight is 233 g/mol. The molecule has 1 heterocycles. The first-order valence-corrected chi connectivity index (χ1v) is 6.20. The number of amides is 1. The normalized spacial score (nSPS) is 24.7. The van der Waals surface area contributed by atoms with E-state index in [0.717, 1.165) is 12.0 Å². The van der Waals surface area contributed by atoms with E-state index in [0.29, 0.717) is 13.2 Å². The quantitative estimate of drug-likeness (QED) is 0.784. The molecule has 0 spiro atoms. The summed E-state index contributed by atoms with van der Waals surface area (Å²) in [4.78, 5) is 14.3. The second-order valence-electron chi connectivity index (χ2n) is 4.53. The summed E-state index contributed by atoms with van der Waals surface area (Å²) >= 11 is 0. The number of benzene rings is 1. The molecule has 0 aliphatic carbocycles. The second-order valence-corrected chi connectivity index (χ2v) is 4.53. The van der Waals surface area contributed by atoms with Gasteiger partial charge in [-0.2, -0.15) is 0 Å². The Hall–Kier alpha value is -1.35. The predicted octanol–water partition coefficient (Wildman–Crippen LogP) is 2.33. The van der Waals surface area contributed by atoms with Gasteiger partial charge < -0.3 is 9.64 Å². The van der Waals surface area contributed by atoms with Crippen molar-refractivity contribution in [2.24, 2.45) is 0 Å². The maximum absolute atomic E-state index is 12.4. The summed E-state index contributed by atoms with van der Waals surface area (Å²) in [5.41, 5.74) is 0.764. The van der Waals surface area contributed by atoms with Crippen LogP contribution in [-0.2, 0) is 4.74 Å². The third-order valence-corrected chi connectivity index (χ3v) is 3.22. The molecular weight excluding hydrogens is 214 g/mol. The number of hydrogen-bond acceptors (Lipinski definition) is 2. The summed E-state index contributed by atoms with van der Waals surface area (Å²) in [6.07, 6.45) is 1.07. The Morgan fingerprint density at radius 3 is 2.76 bits per heavy atom. The van der Waals surface area contributed by atoms with Crippen molar-refractivity contribution < 1.29 is 9.53 Å². The molecule has 2 atom stereocenters. The fourth-order valence-corrected chi connectivity index (χ4v) is 2.18. The average Bonchev–Trinajstić information content (AvgIpc) is 2.39. The Labute approximate surface area is 102 Å². The minimum absolute atomic E-state index is 0.118. The summed E-state index contributed by atoms with van der Waals surface area (Å²) in [6, 6.07) is 9.68. The first-order chi connectivity index (χ1) is 8.22. The predicted molar refractivity (Wildman–Crippen MR) is 67.0 cm³/mol. The standard InChI is InChI=1S/C14H19NO2/c1-3-13-10-17-11(2)9-15(13)14(16)12-7-5-4-6-8-12/h4-8,11,13H,3,9-10H2,1-2H3/t11-,13+/m1/s1. The summed E-state index contributed by atoms with van der Waals surface area (Å²) in [6.45, 7) is 5.44. The van der Waals surface area contributed by atoms with Crippen LogP contribution in [-0.4, -0.2) is 36.1 Å². The molecule has 1 aliphatic heterocycles. The van der Waals surface area contributed by atoms with E-state index >= 15 is 0 Å². The van der Waals surface area contributed by atoms with Gasteiger partial charge in [0.15, 0.2) is 0 Å². The molecule has 1 aromatic rings. The maximum Gasteiger partial charge on any atom is 0.254 e. The van der Waals surface area contributed by atoms with E-state index in [1.54, 1.807) is 0 Å². The molecule has 1 saturated heterocycles. The van der Waals surface area contributed by atoms with Crippen molar-refractivity contribution in [1.82, 2.24) is 4.90 Å². The lowest BCUT2D eigenvalue weighted by Crippen LogP contribution is -2.51. The fraction of sp³-hybridized carbons (Fsp3) is 0.500. The maximum atomic E-state index is 12.4. The van der Waals surface area contributed by atoms with Gasteiger partial charge >= 0.3 is 0 Å². The van der Waals surface area contributed by atoms with Crippen LogP contribution < -0.4 is 0 Å². The smallest absolute Gasteiger partial charge is 0.254 e. The van der Waals surface area contributed by atoms with Gasteiger partial charge in [0, 0.05) is 12.1 Å². The highest BCUT2D eigenvalue weighted by Gasteiger charge is 2.29. The Balaban J connectivity index is 2.16. The highest BCUT2D eigenvalue weighted by molar-refractivity contribution is 5.94. The van der Waals surface area contributed by atoms with Gasteiger partial charge in [-0.3, -0.25) is 4.79 Å². The molecule has 92 valence electrons. The molecule has 0 unspecified atom stereocenters. The zero-order chi connectivity index (χ0) is 12.3. The zero-order valence-electron chi connectivity index (χ0n) is 10.4. The summed E-state index contributed by atoms with van der Waals surface area (Å²) in [7, 11) is 0.